The van der Waals surface area contributed by atoms with Gasteiger partial charge in [0.1, 0.15) is 5.76 Å². The highest BCUT2D eigenvalue weighted by atomic mass is 35.5. The third-order valence-corrected chi connectivity index (χ3v) is 3.44. The van der Waals surface area contributed by atoms with Crippen molar-refractivity contribution in [1.29, 1.82) is 0 Å². The molecular weight excluding hydrogens is 260 g/mol. The molecule has 0 rings (SSSR count). The van der Waals surface area contributed by atoms with E-state index in [9.17, 15) is 0 Å². The Balaban J connectivity index is 2.97. The molecular formula is C16H31ClO2. The minimum absolute atomic E-state index is 0.281. The Morgan fingerprint density at radius 2 is 1.42 bits per heavy atom. The summed E-state index contributed by atoms with van der Waals surface area (Å²) in [5.74, 6) is 0.909. The summed E-state index contributed by atoms with van der Waals surface area (Å²) in [6.07, 6.45) is 13.4. The van der Waals surface area contributed by atoms with Crippen molar-refractivity contribution in [3.8, 4) is 0 Å². The van der Waals surface area contributed by atoms with Gasteiger partial charge in [-0.1, -0.05) is 71.3 Å². The fourth-order valence-electron chi connectivity index (χ4n) is 1.91. The van der Waals surface area contributed by atoms with Crippen molar-refractivity contribution >= 4 is 11.6 Å². The van der Waals surface area contributed by atoms with Gasteiger partial charge in [-0.2, -0.15) is 0 Å². The van der Waals surface area contributed by atoms with Crippen molar-refractivity contribution in [3.63, 3.8) is 0 Å². The molecule has 0 bridgehead atoms. The molecule has 114 valence electrons. The topological polar surface area (TPSA) is 18.5 Å². The first kappa shape index (κ1) is 18.8. The van der Waals surface area contributed by atoms with Crippen LogP contribution in [-0.4, -0.2) is 19.3 Å². The summed E-state index contributed by atoms with van der Waals surface area (Å²) < 4.78 is 10.5. The van der Waals surface area contributed by atoms with Crippen LogP contribution >= 0.6 is 11.6 Å². The van der Waals surface area contributed by atoms with Gasteiger partial charge in [0.15, 0.2) is 6.79 Å². The zero-order valence-corrected chi connectivity index (χ0v) is 13.3. The van der Waals surface area contributed by atoms with E-state index in [1.54, 1.807) is 0 Å². The molecule has 0 fully saturated rings. The Bertz CT molecular complexity index is 195. The molecule has 3 heteroatoms. The van der Waals surface area contributed by atoms with Crippen molar-refractivity contribution in [3.05, 3.63) is 12.3 Å². The van der Waals surface area contributed by atoms with Crippen LogP contribution in [0, 0.1) is 0 Å². The molecule has 0 saturated carbocycles. The van der Waals surface area contributed by atoms with Gasteiger partial charge in [-0.25, -0.2) is 0 Å². The number of allylic oxidation sites excluding steroid dienone is 1. The first-order valence-electron chi connectivity index (χ1n) is 7.75. The highest BCUT2D eigenvalue weighted by Gasteiger charge is 1.94. The van der Waals surface area contributed by atoms with Gasteiger partial charge in [-0.3, -0.25) is 0 Å². The molecule has 0 heterocycles. The van der Waals surface area contributed by atoms with E-state index in [1.807, 2.05) is 0 Å². The van der Waals surface area contributed by atoms with Gasteiger partial charge in [0.25, 0.3) is 0 Å². The fraction of sp³-hybridized carbons (Fsp3) is 0.875. The third kappa shape index (κ3) is 15.7. The molecule has 0 aliphatic carbocycles. The molecule has 0 saturated heterocycles. The lowest BCUT2D eigenvalue weighted by molar-refractivity contribution is -0.0230. The Morgan fingerprint density at radius 3 is 1.95 bits per heavy atom. The van der Waals surface area contributed by atoms with E-state index in [0.717, 1.165) is 13.0 Å². The van der Waals surface area contributed by atoms with Crippen LogP contribution in [0.5, 0.6) is 0 Å². The molecule has 0 radical (unpaired) electrons. The van der Waals surface area contributed by atoms with Gasteiger partial charge in [0.05, 0.1) is 12.5 Å². The molecule has 19 heavy (non-hydrogen) atoms. The molecule has 2 nitrogen and oxygen atoms in total. The Morgan fingerprint density at radius 1 is 0.895 bits per heavy atom. The molecule has 0 spiro atoms. The van der Waals surface area contributed by atoms with Crippen molar-refractivity contribution in [2.45, 2.75) is 71.1 Å². The quantitative estimate of drug-likeness (QED) is 0.168. The lowest BCUT2D eigenvalue weighted by Crippen LogP contribution is -2.01. The first-order chi connectivity index (χ1) is 9.31. The van der Waals surface area contributed by atoms with Gasteiger partial charge < -0.3 is 9.47 Å². The van der Waals surface area contributed by atoms with Crippen LogP contribution in [0.3, 0.4) is 0 Å². The summed E-state index contributed by atoms with van der Waals surface area (Å²) >= 11 is 5.52. The number of ether oxygens (including phenoxy) is 2. The van der Waals surface area contributed by atoms with E-state index >= 15 is 0 Å². The molecule has 0 aromatic carbocycles. The van der Waals surface area contributed by atoms with Gasteiger partial charge in [-0.05, 0) is 6.42 Å². The summed E-state index contributed by atoms with van der Waals surface area (Å²) in [5.41, 5.74) is 0. The maximum Gasteiger partial charge on any atom is 0.188 e. The molecule has 0 unspecified atom stereocenters. The maximum absolute atomic E-state index is 5.52. The van der Waals surface area contributed by atoms with E-state index in [1.165, 1.54) is 57.8 Å². The van der Waals surface area contributed by atoms with E-state index in [4.69, 9.17) is 21.1 Å². The van der Waals surface area contributed by atoms with Crippen LogP contribution in [0.2, 0.25) is 0 Å². The number of hydrogen-bond donors (Lipinski definition) is 0. The monoisotopic (exact) mass is 290 g/mol. The molecule has 0 aliphatic heterocycles. The summed E-state index contributed by atoms with van der Waals surface area (Å²) in [6, 6.07) is 0. The Kier molecular flexibility index (Phi) is 15.7. The van der Waals surface area contributed by atoms with Crippen LogP contribution < -0.4 is 0 Å². The number of rotatable bonds is 15. The number of unbranched alkanes of at least 4 members (excludes halogenated alkanes) is 9. The van der Waals surface area contributed by atoms with E-state index in [2.05, 4.69) is 13.5 Å². The third-order valence-electron chi connectivity index (χ3n) is 3.14. The standard InChI is InChI=1S/C16H31ClO2/c1-3-4-5-6-7-8-9-10-11-12-13-18-15-19-16(2)14-17/h2-15H2,1H3. The summed E-state index contributed by atoms with van der Waals surface area (Å²) in [7, 11) is 0. The van der Waals surface area contributed by atoms with Crippen LogP contribution in [-0.2, 0) is 9.47 Å². The molecule has 0 amide bonds. The molecule has 0 aliphatic rings. The van der Waals surface area contributed by atoms with Crippen LogP contribution in [0.15, 0.2) is 12.3 Å². The van der Waals surface area contributed by atoms with Crippen LogP contribution in [0.1, 0.15) is 71.1 Å². The summed E-state index contributed by atoms with van der Waals surface area (Å²) in [4.78, 5) is 0. The van der Waals surface area contributed by atoms with Gasteiger partial charge in [0.2, 0.25) is 0 Å². The zero-order valence-electron chi connectivity index (χ0n) is 12.6. The molecule has 0 atom stereocenters. The van der Waals surface area contributed by atoms with E-state index in [-0.39, 0.29) is 6.79 Å². The van der Waals surface area contributed by atoms with Gasteiger partial charge in [-0.15, -0.1) is 11.6 Å². The lowest BCUT2D eigenvalue weighted by Gasteiger charge is -2.07. The SMILES string of the molecule is C=C(CCl)OCOCCCCCCCCCCCC. The summed E-state index contributed by atoms with van der Waals surface area (Å²) in [5, 5.41) is 0. The Hall–Kier alpha value is -0.210. The zero-order chi connectivity index (χ0) is 14.2. The molecule has 0 aromatic rings. The van der Waals surface area contributed by atoms with Crippen molar-refractivity contribution in [1.82, 2.24) is 0 Å². The summed E-state index contributed by atoms with van der Waals surface area (Å²) in [6.45, 7) is 6.95. The second-order valence-electron chi connectivity index (χ2n) is 5.02. The fourth-order valence-corrected chi connectivity index (χ4v) is 1.99. The predicted molar refractivity (Wildman–Crippen MR) is 83.6 cm³/mol. The Labute approximate surface area is 124 Å². The van der Waals surface area contributed by atoms with Crippen molar-refractivity contribution < 1.29 is 9.47 Å². The predicted octanol–water partition coefficient (Wildman–Crippen LogP) is 5.65. The molecule has 0 N–H and O–H groups in total. The normalized spacial score (nSPS) is 10.6. The van der Waals surface area contributed by atoms with Crippen molar-refractivity contribution in [2.24, 2.45) is 0 Å². The second-order valence-corrected chi connectivity index (χ2v) is 5.29. The number of hydrogen-bond acceptors (Lipinski definition) is 2. The van der Waals surface area contributed by atoms with Crippen LogP contribution in [0.25, 0.3) is 0 Å². The minimum atomic E-state index is 0.281. The van der Waals surface area contributed by atoms with Gasteiger partial charge in [0, 0.05) is 0 Å². The molecule has 0 aromatic heterocycles. The second kappa shape index (κ2) is 15.8. The smallest absolute Gasteiger partial charge is 0.188 e. The highest BCUT2D eigenvalue weighted by Crippen LogP contribution is 2.10. The largest absolute Gasteiger partial charge is 0.471 e. The van der Waals surface area contributed by atoms with E-state index < -0.39 is 0 Å². The first-order valence-corrected chi connectivity index (χ1v) is 8.29. The van der Waals surface area contributed by atoms with E-state index in [0.29, 0.717) is 11.6 Å². The average molecular weight is 291 g/mol. The van der Waals surface area contributed by atoms with Crippen molar-refractivity contribution in [2.75, 3.05) is 19.3 Å². The number of alkyl halides is 1. The number of halogens is 1. The lowest BCUT2D eigenvalue weighted by atomic mass is 10.1. The van der Waals surface area contributed by atoms with Crippen LogP contribution in [0.4, 0.5) is 0 Å². The van der Waals surface area contributed by atoms with Gasteiger partial charge >= 0.3 is 0 Å². The maximum atomic E-state index is 5.52. The minimum Gasteiger partial charge on any atom is -0.471 e. The highest BCUT2D eigenvalue weighted by molar-refractivity contribution is 6.19. The average Bonchev–Trinajstić information content (AvgIpc) is 2.43.